The van der Waals surface area contributed by atoms with E-state index in [1.165, 1.54) is 0 Å². The molecule has 0 saturated heterocycles. The highest BCUT2D eigenvalue weighted by molar-refractivity contribution is 5.79. The first-order valence-corrected chi connectivity index (χ1v) is 6.33. The molecule has 0 amide bonds. The first-order valence-electron chi connectivity index (χ1n) is 6.33. The minimum atomic E-state index is 0.289. The Kier molecular flexibility index (Phi) is 5.27. The summed E-state index contributed by atoms with van der Waals surface area (Å²) < 4.78 is 0. The van der Waals surface area contributed by atoms with Crippen molar-refractivity contribution in [2.45, 2.75) is 25.7 Å². The van der Waals surface area contributed by atoms with Crippen molar-refractivity contribution in [2.75, 3.05) is 34.7 Å². The highest BCUT2D eigenvalue weighted by Gasteiger charge is 2.20. The van der Waals surface area contributed by atoms with Gasteiger partial charge in [-0.15, -0.1) is 0 Å². The molecule has 0 aromatic carbocycles. The molecule has 1 fully saturated rings. The Labute approximate surface area is 105 Å². The summed E-state index contributed by atoms with van der Waals surface area (Å²) >= 11 is 0. The molecular formula is C13H24N4. The SMILES string of the molecule is CN(C)C(=NCC1CCC(C#N)CC1)N(C)C. The van der Waals surface area contributed by atoms with Crippen LogP contribution in [0.2, 0.25) is 0 Å². The third-order valence-corrected chi connectivity index (χ3v) is 3.32. The smallest absolute Gasteiger partial charge is 0.195 e. The minimum Gasteiger partial charge on any atom is -0.349 e. The molecule has 1 aliphatic carbocycles. The Morgan fingerprint density at radius 1 is 1.12 bits per heavy atom. The number of nitrogens with zero attached hydrogens (tertiary/aromatic N) is 4. The Morgan fingerprint density at radius 3 is 2.06 bits per heavy atom. The number of nitriles is 1. The molecule has 0 aliphatic heterocycles. The average Bonchev–Trinajstić information content (AvgIpc) is 2.29. The van der Waals surface area contributed by atoms with Crippen molar-refractivity contribution < 1.29 is 0 Å². The van der Waals surface area contributed by atoms with E-state index in [4.69, 9.17) is 5.26 Å². The van der Waals surface area contributed by atoms with Gasteiger partial charge >= 0.3 is 0 Å². The molecule has 1 saturated carbocycles. The van der Waals surface area contributed by atoms with E-state index in [1.54, 1.807) is 0 Å². The van der Waals surface area contributed by atoms with Crippen molar-refractivity contribution in [3.63, 3.8) is 0 Å². The van der Waals surface area contributed by atoms with Gasteiger partial charge in [0.25, 0.3) is 0 Å². The predicted molar refractivity (Wildman–Crippen MR) is 70.7 cm³/mol. The Morgan fingerprint density at radius 2 is 1.65 bits per heavy atom. The first-order chi connectivity index (χ1) is 8.04. The van der Waals surface area contributed by atoms with E-state index >= 15 is 0 Å². The molecule has 1 rings (SSSR count). The maximum absolute atomic E-state index is 8.85. The van der Waals surface area contributed by atoms with Crippen molar-refractivity contribution in [1.82, 2.24) is 9.80 Å². The number of hydrogen-bond acceptors (Lipinski definition) is 2. The zero-order valence-corrected chi connectivity index (χ0v) is 11.5. The van der Waals surface area contributed by atoms with Crippen LogP contribution in [0.1, 0.15) is 25.7 Å². The highest BCUT2D eigenvalue weighted by Crippen LogP contribution is 2.28. The fourth-order valence-corrected chi connectivity index (χ4v) is 2.37. The molecule has 0 N–H and O–H groups in total. The number of hydrogen-bond donors (Lipinski definition) is 0. The number of guanidine groups is 1. The molecule has 0 atom stereocenters. The maximum atomic E-state index is 8.85. The van der Waals surface area contributed by atoms with Crippen molar-refractivity contribution in [3.05, 3.63) is 0 Å². The molecule has 0 aromatic rings. The first kappa shape index (κ1) is 13.8. The van der Waals surface area contributed by atoms with Crippen LogP contribution in [0, 0.1) is 23.2 Å². The molecule has 0 radical (unpaired) electrons. The lowest BCUT2D eigenvalue weighted by Crippen LogP contribution is -2.36. The number of rotatable bonds is 2. The third kappa shape index (κ3) is 4.26. The Bertz CT molecular complexity index is 283. The zero-order valence-electron chi connectivity index (χ0n) is 11.5. The van der Waals surface area contributed by atoms with Gasteiger partial charge < -0.3 is 9.80 Å². The molecule has 96 valence electrons. The molecule has 0 spiro atoms. The van der Waals surface area contributed by atoms with E-state index in [9.17, 15) is 0 Å². The fourth-order valence-electron chi connectivity index (χ4n) is 2.37. The van der Waals surface area contributed by atoms with Crippen LogP contribution in [0.15, 0.2) is 4.99 Å². The zero-order chi connectivity index (χ0) is 12.8. The molecule has 0 heterocycles. The standard InChI is InChI=1S/C13H24N4/c1-16(2)13(17(3)4)15-10-12-7-5-11(9-14)6-8-12/h11-12H,5-8,10H2,1-4H3. The van der Waals surface area contributed by atoms with E-state index in [0.717, 1.165) is 38.2 Å². The van der Waals surface area contributed by atoms with Crippen molar-refractivity contribution in [2.24, 2.45) is 16.8 Å². The van der Waals surface area contributed by atoms with Gasteiger partial charge in [-0.25, -0.2) is 0 Å². The lowest BCUT2D eigenvalue weighted by atomic mass is 9.83. The quantitative estimate of drug-likeness (QED) is 0.542. The molecule has 0 unspecified atom stereocenters. The van der Waals surface area contributed by atoms with Gasteiger partial charge in [0.15, 0.2) is 5.96 Å². The summed E-state index contributed by atoms with van der Waals surface area (Å²) in [6, 6.07) is 2.37. The second-order valence-electron chi connectivity index (χ2n) is 5.28. The van der Waals surface area contributed by atoms with Crippen LogP contribution in [0.4, 0.5) is 0 Å². The van der Waals surface area contributed by atoms with Gasteiger partial charge in [0.05, 0.1) is 6.07 Å². The normalized spacial score (nSPS) is 23.7. The molecule has 17 heavy (non-hydrogen) atoms. The van der Waals surface area contributed by atoms with E-state index in [-0.39, 0.29) is 5.92 Å². The summed E-state index contributed by atoms with van der Waals surface area (Å²) in [6.07, 6.45) is 4.40. The fraction of sp³-hybridized carbons (Fsp3) is 0.846. The van der Waals surface area contributed by atoms with Crippen LogP contribution in [0.5, 0.6) is 0 Å². The van der Waals surface area contributed by atoms with Gasteiger partial charge in [-0.05, 0) is 31.6 Å². The van der Waals surface area contributed by atoms with Crippen molar-refractivity contribution >= 4 is 5.96 Å². The van der Waals surface area contributed by atoms with Crippen LogP contribution in [0.3, 0.4) is 0 Å². The summed E-state index contributed by atoms with van der Waals surface area (Å²) in [5, 5.41) is 8.85. The Balaban J connectivity index is 2.45. The molecule has 0 aromatic heterocycles. The second kappa shape index (κ2) is 6.48. The van der Waals surface area contributed by atoms with Crippen LogP contribution in [-0.4, -0.2) is 50.5 Å². The lowest BCUT2D eigenvalue weighted by Gasteiger charge is -2.26. The summed E-state index contributed by atoms with van der Waals surface area (Å²) in [5.41, 5.74) is 0. The summed E-state index contributed by atoms with van der Waals surface area (Å²) in [4.78, 5) is 8.77. The van der Waals surface area contributed by atoms with E-state index in [1.807, 2.05) is 38.0 Å². The molecule has 4 nitrogen and oxygen atoms in total. The van der Waals surface area contributed by atoms with Gasteiger partial charge in [0, 0.05) is 40.7 Å². The van der Waals surface area contributed by atoms with Gasteiger partial charge in [0.1, 0.15) is 0 Å². The van der Waals surface area contributed by atoms with E-state index in [2.05, 4.69) is 11.1 Å². The molecule has 0 bridgehead atoms. The summed E-state index contributed by atoms with van der Waals surface area (Å²) in [7, 11) is 8.08. The van der Waals surface area contributed by atoms with Crippen LogP contribution < -0.4 is 0 Å². The predicted octanol–water partition coefficient (Wildman–Crippen LogP) is 1.80. The average molecular weight is 236 g/mol. The molecule has 1 aliphatic rings. The molecular weight excluding hydrogens is 212 g/mol. The largest absolute Gasteiger partial charge is 0.349 e. The van der Waals surface area contributed by atoms with Gasteiger partial charge in [-0.3, -0.25) is 4.99 Å². The van der Waals surface area contributed by atoms with E-state index in [0.29, 0.717) is 5.92 Å². The lowest BCUT2D eigenvalue weighted by molar-refractivity contribution is 0.319. The minimum absolute atomic E-state index is 0.289. The number of aliphatic imine (C=N–C) groups is 1. The van der Waals surface area contributed by atoms with Gasteiger partial charge in [-0.2, -0.15) is 5.26 Å². The summed E-state index contributed by atoms with van der Waals surface area (Å²) in [5.74, 6) is 1.97. The maximum Gasteiger partial charge on any atom is 0.195 e. The highest BCUT2D eigenvalue weighted by atomic mass is 15.3. The van der Waals surface area contributed by atoms with Gasteiger partial charge in [-0.1, -0.05) is 0 Å². The van der Waals surface area contributed by atoms with Crippen molar-refractivity contribution in [3.8, 4) is 6.07 Å². The van der Waals surface area contributed by atoms with Crippen LogP contribution >= 0.6 is 0 Å². The molecule has 4 heteroatoms. The Hall–Kier alpha value is -1.24. The van der Waals surface area contributed by atoms with Crippen LogP contribution in [-0.2, 0) is 0 Å². The third-order valence-electron chi connectivity index (χ3n) is 3.32. The summed E-state index contributed by atoms with van der Waals surface area (Å²) in [6.45, 7) is 0.893. The second-order valence-corrected chi connectivity index (χ2v) is 5.28. The van der Waals surface area contributed by atoms with Crippen molar-refractivity contribution in [1.29, 1.82) is 5.26 Å². The van der Waals surface area contributed by atoms with Gasteiger partial charge in [0.2, 0.25) is 0 Å². The monoisotopic (exact) mass is 236 g/mol. The topological polar surface area (TPSA) is 42.6 Å². The van der Waals surface area contributed by atoms with E-state index < -0.39 is 0 Å². The van der Waals surface area contributed by atoms with Crippen LogP contribution in [0.25, 0.3) is 0 Å².